The molecule has 1 aromatic rings. The predicted octanol–water partition coefficient (Wildman–Crippen LogP) is 2.31. The van der Waals surface area contributed by atoms with Crippen LogP contribution < -0.4 is 20.1 Å². The number of nitrogens with one attached hydrogen (secondary N) is 2. The van der Waals surface area contributed by atoms with Gasteiger partial charge in [-0.05, 0) is 44.7 Å². The predicted molar refractivity (Wildman–Crippen MR) is 108 cm³/mol. The van der Waals surface area contributed by atoms with Crippen molar-refractivity contribution in [2.45, 2.75) is 63.8 Å². The van der Waals surface area contributed by atoms with E-state index in [1.54, 1.807) is 7.11 Å². The maximum absolute atomic E-state index is 5.90. The Bertz CT molecular complexity index is 694. The van der Waals surface area contributed by atoms with E-state index in [0.29, 0.717) is 12.6 Å². The fraction of sp³-hybridized carbons (Fsp3) is 0.667. The summed E-state index contributed by atoms with van der Waals surface area (Å²) in [4.78, 5) is 7.06. The van der Waals surface area contributed by atoms with Crippen molar-refractivity contribution in [1.29, 1.82) is 0 Å². The van der Waals surface area contributed by atoms with Crippen LogP contribution in [0.25, 0.3) is 0 Å². The number of methoxy groups -OCH3 is 1. The van der Waals surface area contributed by atoms with Crippen LogP contribution in [0.1, 0.15) is 43.7 Å². The molecule has 0 amide bonds. The van der Waals surface area contributed by atoms with E-state index in [9.17, 15) is 0 Å². The largest absolute Gasteiger partial charge is 0.496 e. The Morgan fingerprint density at radius 3 is 2.70 bits per heavy atom. The molecule has 2 fully saturated rings. The minimum atomic E-state index is 0.240. The summed E-state index contributed by atoms with van der Waals surface area (Å²) in [6, 6.07) is 5.59. The maximum atomic E-state index is 5.90. The molecule has 6 nitrogen and oxygen atoms in total. The van der Waals surface area contributed by atoms with Crippen LogP contribution in [-0.2, 0) is 13.0 Å². The van der Waals surface area contributed by atoms with E-state index in [2.05, 4.69) is 39.6 Å². The molecule has 0 aromatic heterocycles. The number of aliphatic imine (C=N–C) groups is 1. The molecule has 0 radical (unpaired) electrons. The van der Waals surface area contributed by atoms with Crippen LogP contribution in [-0.4, -0.2) is 56.3 Å². The van der Waals surface area contributed by atoms with Crippen molar-refractivity contribution >= 4 is 5.96 Å². The second-order valence-electron chi connectivity index (χ2n) is 8.02. The molecule has 4 rings (SSSR count). The van der Waals surface area contributed by atoms with Gasteiger partial charge < -0.3 is 25.0 Å². The fourth-order valence-electron chi connectivity index (χ4n) is 4.23. The lowest BCUT2D eigenvalue weighted by Gasteiger charge is -2.33. The highest BCUT2D eigenvalue weighted by molar-refractivity contribution is 5.80. The molecule has 3 aliphatic rings. The lowest BCUT2D eigenvalue weighted by molar-refractivity contribution is 0.197. The van der Waals surface area contributed by atoms with Crippen molar-refractivity contribution in [3.05, 3.63) is 23.3 Å². The normalized spacial score (nSPS) is 23.7. The van der Waals surface area contributed by atoms with Gasteiger partial charge in [-0.15, -0.1) is 0 Å². The number of nitrogens with zero attached hydrogens (tertiary/aromatic N) is 2. The summed E-state index contributed by atoms with van der Waals surface area (Å²) in [6.45, 7) is 5.17. The van der Waals surface area contributed by atoms with Gasteiger partial charge in [0.25, 0.3) is 0 Å². The van der Waals surface area contributed by atoms with Gasteiger partial charge in [-0.3, -0.25) is 4.99 Å². The van der Waals surface area contributed by atoms with E-state index in [1.165, 1.54) is 44.3 Å². The Balaban J connectivity index is 1.32. The first-order chi connectivity index (χ1) is 13.2. The number of ether oxygens (including phenoxy) is 2. The van der Waals surface area contributed by atoms with Crippen LogP contribution in [0, 0.1) is 0 Å². The Morgan fingerprint density at radius 1 is 1.26 bits per heavy atom. The summed E-state index contributed by atoms with van der Waals surface area (Å²) < 4.78 is 11.5. The van der Waals surface area contributed by atoms with Crippen molar-refractivity contribution in [3.63, 3.8) is 0 Å². The molecule has 0 bridgehead atoms. The van der Waals surface area contributed by atoms with Gasteiger partial charge in [0.05, 0.1) is 7.11 Å². The van der Waals surface area contributed by atoms with Crippen LogP contribution in [0.2, 0.25) is 0 Å². The van der Waals surface area contributed by atoms with Gasteiger partial charge in [-0.25, -0.2) is 0 Å². The number of hydrogen-bond acceptors (Lipinski definition) is 4. The van der Waals surface area contributed by atoms with Gasteiger partial charge in [-0.2, -0.15) is 0 Å². The smallest absolute Gasteiger partial charge is 0.191 e. The molecule has 2 aliphatic heterocycles. The zero-order chi connectivity index (χ0) is 18.8. The van der Waals surface area contributed by atoms with Crippen molar-refractivity contribution in [2.24, 2.45) is 4.99 Å². The van der Waals surface area contributed by atoms with Gasteiger partial charge >= 0.3 is 0 Å². The highest BCUT2D eigenvalue weighted by atomic mass is 16.5. The van der Waals surface area contributed by atoms with E-state index < -0.39 is 0 Å². The summed E-state index contributed by atoms with van der Waals surface area (Å²) in [5.74, 6) is 2.75. The van der Waals surface area contributed by atoms with E-state index in [-0.39, 0.29) is 6.10 Å². The number of benzene rings is 1. The van der Waals surface area contributed by atoms with Crippen LogP contribution in [0.3, 0.4) is 0 Å². The number of guanidine groups is 1. The van der Waals surface area contributed by atoms with Gasteiger partial charge in [0.15, 0.2) is 5.96 Å². The molecule has 1 atom stereocenters. The molecule has 1 unspecified atom stereocenters. The summed E-state index contributed by atoms with van der Waals surface area (Å²) >= 11 is 0. The van der Waals surface area contributed by atoms with Gasteiger partial charge in [0, 0.05) is 56.3 Å². The second kappa shape index (κ2) is 7.97. The molecule has 0 spiro atoms. The molecular formula is C21H32N4O2. The van der Waals surface area contributed by atoms with Crippen LogP contribution >= 0.6 is 0 Å². The SMILES string of the molecule is CN=C(NCc1cc2c(cc1OC)CC(C)O2)NC1CCN(C2CC2)CC1. The third-order valence-corrected chi connectivity index (χ3v) is 5.90. The molecule has 148 valence electrons. The first-order valence-electron chi connectivity index (χ1n) is 10.2. The van der Waals surface area contributed by atoms with Gasteiger partial charge in [0.1, 0.15) is 17.6 Å². The molecule has 1 aliphatic carbocycles. The average Bonchev–Trinajstić information content (AvgIpc) is 3.46. The fourth-order valence-corrected chi connectivity index (χ4v) is 4.23. The lowest BCUT2D eigenvalue weighted by Crippen LogP contribution is -2.48. The number of hydrogen-bond donors (Lipinski definition) is 2. The van der Waals surface area contributed by atoms with Crippen molar-refractivity contribution in [3.8, 4) is 11.5 Å². The molecular weight excluding hydrogens is 340 g/mol. The monoisotopic (exact) mass is 372 g/mol. The summed E-state index contributed by atoms with van der Waals surface area (Å²) in [7, 11) is 3.56. The standard InChI is InChI=1S/C21H32N4O2/c1-14-10-15-11-19(26-3)16(12-20(15)27-14)13-23-21(22-2)24-17-6-8-25(9-7-17)18-4-5-18/h11-12,14,17-18H,4-10,13H2,1-3H3,(H2,22,23,24). The van der Waals surface area contributed by atoms with Crippen molar-refractivity contribution < 1.29 is 9.47 Å². The molecule has 1 aromatic carbocycles. The van der Waals surface area contributed by atoms with Crippen molar-refractivity contribution in [1.82, 2.24) is 15.5 Å². The Morgan fingerprint density at radius 2 is 2.04 bits per heavy atom. The minimum Gasteiger partial charge on any atom is -0.496 e. The van der Waals surface area contributed by atoms with E-state index >= 15 is 0 Å². The quantitative estimate of drug-likeness (QED) is 0.614. The molecule has 2 heterocycles. The van der Waals surface area contributed by atoms with Crippen LogP contribution in [0.5, 0.6) is 11.5 Å². The third-order valence-electron chi connectivity index (χ3n) is 5.90. The average molecular weight is 373 g/mol. The molecule has 1 saturated heterocycles. The molecule has 6 heteroatoms. The lowest BCUT2D eigenvalue weighted by atomic mass is 10.1. The highest BCUT2D eigenvalue weighted by Crippen LogP contribution is 2.35. The van der Waals surface area contributed by atoms with E-state index in [1.807, 2.05) is 7.05 Å². The number of rotatable bonds is 5. The highest BCUT2D eigenvalue weighted by Gasteiger charge is 2.32. The minimum absolute atomic E-state index is 0.240. The number of fused-ring (bicyclic) bond motifs is 1. The topological polar surface area (TPSA) is 58.1 Å². The molecule has 27 heavy (non-hydrogen) atoms. The zero-order valence-corrected chi connectivity index (χ0v) is 16.8. The summed E-state index contributed by atoms with van der Waals surface area (Å²) in [5.41, 5.74) is 2.32. The summed E-state index contributed by atoms with van der Waals surface area (Å²) in [6.07, 6.45) is 6.35. The molecule has 1 saturated carbocycles. The second-order valence-corrected chi connectivity index (χ2v) is 8.02. The Labute approximate surface area is 162 Å². The zero-order valence-electron chi connectivity index (χ0n) is 16.8. The maximum Gasteiger partial charge on any atom is 0.191 e. The van der Waals surface area contributed by atoms with Gasteiger partial charge in [0.2, 0.25) is 0 Å². The Hall–Kier alpha value is -1.95. The Kier molecular flexibility index (Phi) is 5.43. The van der Waals surface area contributed by atoms with E-state index in [0.717, 1.165) is 35.5 Å². The van der Waals surface area contributed by atoms with E-state index in [4.69, 9.17) is 9.47 Å². The third kappa shape index (κ3) is 4.32. The number of likely N-dealkylation sites (tertiary alicyclic amines) is 1. The summed E-state index contributed by atoms with van der Waals surface area (Å²) in [5, 5.41) is 7.04. The van der Waals surface area contributed by atoms with Crippen LogP contribution in [0.15, 0.2) is 17.1 Å². The molecule has 2 N–H and O–H groups in total. The van der Waals surface area contributed by atoms with Gasteiger partial charge in [-0.1, -0.05) is 0 Å². The number of piperidine rings is 1. The first-order valence-corrected chi connectivity index (χ1v) is 10.2. The first kappa shape index (κ1) is 18.4. The van der Waals surface area contributed by atoms with Crippen molar-refractivity contribution in [2.75, 3.05) is 27.2 Å². The van der Waals surface area contributed by atoms with Crippen LogP contribution in [0.4, 0.5) is 0 Å².